The van der Waals surface area contributed by atoms with Crippen LogP contribution in [0.5, 0.6) is 0 Å². The molecule has 4 aromatic rings. The summed E-state index contributed by atoms with van der Waals surface area (Å²) in [6, 6.07) is 13.2. The molecule has 0 unspecified atom stereocenters. The van der Waals surface area contributed by atoms with Gasteiger partial charge in [0.05, 0.1) is 22.9 Å². The van der Waals surface area contributed by atoms with E-state index in [1.54, 1.807) is 17.9 Å². The van der Waals surface area contributed by atoms with Gasteiger partial charge < -0.3 is 9.73 Å². The lowest BCUT2D eigenvalue weighted by Gasteiger charge is -2.13. The molecule has 1 N–H and O–H groups in total. The Morgan fingerprint density at radius 1 is 1.22 bits per heavy atom. The third-order valence-electron chi connectivity index (χ3n) is 3.80. The van der Waals surface area contributed by atoms with Gasteiger partial charge in [0.25, 0.3) is 0 Å². The normalized spacial score (nSPS) is 11.2. The number of nitrogens with one attached hydrogen (secondary N) is 1. The summed E-state index contributed by atoms with van der Waals surface area (Å²) in [6.07, 6.45) is 1.63. The van der Waals surface area contributed by atoms with E-state index in [4.69, 9.17) is 4.42 Å². The van der Waals surface area contributed by atoms with Crippen molar-refractivity contribution in [2.75, 3.05) is 12.4 Å². The van der Waals surface area contributed by atoms with E-state index in [1.165, 1.54) is 0 Å². The van der Waals surface area contributed by atoms with E-state index < -0.39 is 0 Å². The van der Waals surface area contributed by atoms with Crippen molar-refractivity contribution in [1.82, 2.24) is 9.55 Å². The van der Waals surface area contributed by atoms with Gasteiger partial charge in [0.2, 0.25) is 0 Å². The third-order valence-corrected chi connectivity index (χ3v) is 4.45. The van der Waals surface area contributed by atoms with Crippen LogP contribution < -0.4 is 11.0 Å². The Kier molecular flexibility index (Phi) is 3.20. The minimum atomic E-state index is -0.342. The number of furan rings is 1. The molecule has 0 fully saturated rings. The molecule has 0 aliphatic carbocycles. The van der Waals surface area contributed by atoms with E-state index in [-0.39, 0.29) is 5.69 Å². The Morgan fingerprint density at radius 3 is 2.74 bits per heavy atom. The van der Waals surface area contributed by atoms with Crippen molar-refractivity contribution in [2.24, 2.45) is 0 Å². The van der Waals surface area contributed by atoms with Crippen LogP contribution in [-0.4, -0.2) is 16.6 Å². The number of nitrogens with zero attached hydrogens (tertiary/aromatic N) is 2. The van der Waals surface area contributed by atoms with E-state index in [0.717, 1.165) is 26.4 Å². The van der Waals surface area contributed by atoms with E-state index in [9.17, 15) is 4.79 Å². The lowest BCUT2D eigenvalue weighted by atomic mass is 10.1. The maximum absolute atomic E-state index is 12.6. The fraction of sp³-hybridized carbons (Fsp3) is 0.0588. The number of fused-ring (bicyclic) bond motifs is 3. The molecule has 0 aliphatic rings. The number of hydrogen-bond donors (Lipinski definition) is 1. The standard InChI is InChI=1S/C17H12BrN3O2/c1-19-16-14-13(9-12(18)11-7-8-23-15(11)14)21(17(22)20-16)10-5-3-2-4-6-10/h2-9H,1H3,(H,19,20,22). The second-order valence-corrected chi connectivity index (χ2v) is 5.93. The Hall–Kier alpha value is -2.60. The summed E-state index contributed by atoms with van der Waals surface area (Å²) in [6.45, 7) is 0. The molecule has 6 heteroatoms. The van der Waals surface area contributed by atoms with Crippen LogP contribution in [0.3, 0.4) is 0 Å². The van der Waals surface area contributed by atoms with E-state index in [2.05, 4.69) is 26.2 Å². The molecular formula is C17H12BrN3O2. The van der Waals surface area contributed by atoms with Crippen LogP contribution in [0.2, 0.25) is 0 Å². The molecule has 0 radical (unpaired) electrons. The first-order valence-corrected chi connectivity index (χ1v) is 7.85. The molecule has 0 saturated carbocycles. The predicted molar refractivity (Wildman–Crippen MR) is 94.4 cm³/mol. The molecule has 114 valence electrons. The van der Waals surface area contributed by atoms with Gasteiger partial charge in [0.1, 0.15) is 11.4 Å². The highest BCUT2D eigenvalue weighted by Gasteiger charge is 2.17. The zero-order valence-electron chi connectivity index (χ0n) is 12.2. The molecule has 0 amide bonds. The van der Waals surface area contributed by atoms with Crippen LogP contribution in [-0.2, 0) is 0 Å². The first-order chi connectivity index (χ1) is 11.2. The second kappa shape index (κ2) is 5.24. The highest BCUT2D eigenvalue weighted by molar-refractivity contribution is 9.10. The minimum absolute atomic E-state index is 0.342. The van der Waals surface area contributed by atoms with Crippen molar-refractivity contribution in [1.29, 1.82) is 0 Å². The summed E-state index contributed by atoms with van der Waals surface area (Å²) in [5, 5.41) is 4.71. The lowest BCUT2D eigenvalue weighted by molar-refractivity contribution is 0.619. The van der Waals surface area contributed by atoms with Crippen LogP contribution in [0.1, 0.15) is 0 Å². The molecular weight excluding hydrogens is 358 g/mol. The number of para-hydroxylation sites is 1. The SMILES string of the molecule is CNc1nc(=O)n(-c2ccccc2)c2cc(Br)c3ccoc3c12. The molecule has 0 atom stereocenters. The fourth-order valence-electron chi connectivity index (χ4n) is 2.79. The number of rotatable bonds is 2. The summed E-state index contributed by atoms with van der Waals surface area (Å²) in [7, 11) is 1.74. The van der Waals surface area contributed by atoms with Gasteiger partial charge >= 0.3 is 5.69 Å². The molecule has 2 heterocycles. The van der Waals surface area contributed by atoms with Gasteiger partial charge in [-0.3, -0.25) is 4.57 Å². The van der Waals surface area contributed by atoms with Crippen LogP contribution >= 0.6 is 15.9 Å². The Labute approximate surface area is 139 Å². The van der Waals surface area contributed by atoms with Crippen molar-refractivity contribution >= 4 is 43.6 Å². The molecule has 0 bridgehead atoms. The zero-order valence-corrected chi connectivity index (χ0v) is 13.8. The summed E-state index contributed by atoms with van der Waals surface area (Å²) in [4.78, 5) is 16.7. The van der Waals surface area contributed by atoms with Crippen molar-refractivity contribution in [3.8, 4) is 5.69 Å². The van der Waals surface area contributed by atoms with Crippen LogP contribution in [0.4, 0.5) is 5.82 Å². The Morgan fingerprint density at radius 2 is 2.00 bits per heavy atom. The quantitative estimate of drug-likeness (QED) is 0.581. The molecule has 2 aromatic carbocycles. The van der Waals surface area contributed by atoms with Gasteiger partial charge in [-0.2, -0.15) is 4.98 Å². The zero-order chi connectivity index (χ0) is 16.0. The lowest BCUT2D eigenvalue weighted by Crippen LogP contribution is -2.23. The number of hydrogen-bond acceptors (Lipinski definition) is 4. The molecule has 23 heavy (non-hydrogen) atoms. The van der Waals surface area contributed by atoms with Crippen molar-refractivity contribution in [3.63, 3.8) is 0 Å². The first-order valence-electron chi connectivity index (χ1n) is 7.06. The summed E-state index contributed by atoms with van der Waals surface area (Å²) < 4.78 is 8.11. The fourth-order valence-corrected chi connectivity index (χ4v) is 3.32. The maximum atomic E-state index is 12.6. The molecule has 4 rings (SSSR count). The molecule has 5 nitrogen and oxygen atoms in total. The molecule has 0 spiro atoms. The van der Waals surface area contributed by atoms with Crippen molar-refractivity contribution < 1.29 is 4.42 Å². The highest BCUT2D eigenvalue weighted by Crippen LogP contribution is 2.35. The first kappa shape index (κ1) is 14.0. The smallest absolute Gasteiger partial charge is 0.354 e. The summed E-state index contributed by atoms with van der Waals surface area (Å²) in [5.41, 5.74) is 1.84. The Bertz CT molecular complexity index is 1080. The van der Waals surface area contributed by atoms with E-state index in [0.29, 0.717) is 11.4 Å². The van der Waals surface area contributed by atoms with Crippen molar-refractivity contribution in [2.45, 2.75) is 0 Å². The topological polar surface area (TPSA) is 60.1 Å². The predicted octanol–water partition coefficient (Wildman–Crippen LogP) is 3.94. The monoisotopic (exact) mass is 369 g/mol. The Balaban J connectivity index is 2.26. The maximum Gasteiger partial charge on any atom is 0.354 e. The van der Waals surface area contributed by atoms with Gasteiger partial charge in [-0.1, -0.05) is 18.2 Å². The molecule has 2 aromatic heterocycles. The summed E-state index contributed by atoms with van der Waals surface area (Å²) in [5.74, 6) is 0.504. The van der Waals surface area contributed by atoms with Crippen molar-refractivity contribution in [3.05, 3.63) is 63.7 Å². The van der Waals surface area contributed by atoms with E-state index in [1.807, 2.05) is 42.5 Å². The van der Waals surface area contributed by atoms with E-state index >= 15 is 0 Å². The third kappa shape index (κ3) is 2.06. The van der Waals surface area contributed by atoms with Gasteiger partial charge in [0, 0.05) is 16.9 Å². The van der Waals surface area contributed by atoms with Crippen LogP contribution in [0.15, 0.2) is 62.4 Å². The number of anilines is 1. The summed E-state index contributed by atoms with van der Waals surface area (Å²) >= 11 is 3.56. The average molecular weight is 370 g/mol. The number of benzene rings is 2. The largest absolute Gasteiger partial charge is 0.463 e. The van der Waals surface area contributed by atoms with Crippen LogP contribution in [0, 0.1) is 0 Å². The van der Waals surface area contributed by atoms with Gasteiger partial charge in [-0.15, -0.1) is 0 Å². The van der Waals surface area contributed by atoms with Gasteiger partial charge in [-0.05, 0) is 40.2 Å². The second-order valence-electron chi connectivity index (χ2n) is 5.08. The highest BCUT2D eigenvalue weighted by atomic mass is 79.9. The van der Waals surface area contributed by atoms with Gasteiger partial charge in [-0.25, -0.2) is 4.79 Å². The van der Waals surface area contributed by atoms with Gasteiger partial charge in [0.15, 0.2) is 0 Å². The molecule has 0 aliphatic heterocycles. The average Bonchev–Trinajstić information content (AvgIpc) is 3.05. The molecule has 0 saturated heterocycles. The number of aromatic nitrogens is 2. The van der Waals surface area contributed by atoms with Crippen LogP contribution in [0.25, 0.3) is 27.6 Å². The number of halogens is 1. The minimum Gasteiger partial charge on any atom is -0.463 e.